The van der Waals surface area contributed by atoms with Crippen LogP contribution in [0.5, 0.6) is 0 Å². The second kappa shape index (κ2) is 8.79. The Morgan fingerprint density at radius 2 is 1.46 bits per heavy atom. The molecule has 7 heteroatoms. The first kappa shape index (κ1) is 19.8. The highest BCUT2D eigenvalue weighted by Gasteiger charge is 2.19. The number of nitrogens with two attached hydrogens (primary N) is 2. The molecule has 3 aromatic carbocycles. The highest BCUT2D eigenvalue weighted by Crippen LogP contribution is 2.18. The molecule has 0 radical (unpaired) electrons. The third-order valence-electron chi connectivity index (χ3n) is 4.30. The van der Waals surface area contributed by atoms with Crippen LogP contribution in [0.15, 0.2) is 89.8 Å². The Morgan fingerprint density at radius 3 is 2.00 bits per heavy atom. The number of primary sulfonamides is 1. The van der Waals surface area contributed by atoms with Crippen LogP contribution in [0.3, 0.4) is 0 Å². The van der Waals surface area contributed by atoms with Crippen LogP contribution in [0.25, 0.3) is 0 Å². The molecule has 0 aromatic heterocycles. The molecule has 0 unspecified atom stereocenters. The van der Waals surface area contributed by atoms with Gasteiger partial charge in [0, 0.05) is 16.8 Å². The molecule has 0 saturated heterocycles. The van der Waals surface area contributed by atoms with Crippen LogP contribution in [-0.2, 0) is 14.8 Å². The molecule has 28 heavy (non-hydrogen) atoms. The van der Waals surface area contributed by atoms with Crippen molar-refractivity contribution in [2.75, 3.05) is 11.9 Å². The molecule has 0 aliphatic carbocycles. The second-order valence-electron chi connectivity index (χ2n) is 6.36. The van der Waals surface area contributed by atoms with Crippen molar-refractivity contribution in [1.82, 2.24) is 0 Å². The average Bonchev–Trinajstić information content (AvgIpc) is 2.69. The Labute approximate surface area is 164 Å². The summed E-state index contributed by atoms with van der Waals surface area (Å²) in [6, 6.07) is 25.8. The van der Waals surface area contributed by atoms with E-state index in [1.165, 1.54) is 18.2 Å². The zero-order valence-electron chi connectivity index (χ0n) is 15.2. The van der Waals surface area contributed by atoms with E-state index in [0.717, 1.165) is 11.1 Å². The highest BCUT2D eigenvalue weighted by atomic mass is 32.2. The molecule has 0 atom stereocenters. The largest absolute Gasteiger partial charge is 0.328 e. The monoisotopic (exact) mass is 396 g/mol. The fourth-order valence-corrected chi connectivity index (χ4v) is 3.53. The molecule has 0 bridgehead atoms. The molecule has 144 valence electrons. The number of sulfonamides is 1. The lowest BCUT2D eigenvalue weighted by Gasteiger charge is -2.16. The van der Waals surface area contributed by atoms with E-state index in [4.69, 9.17) is 5.14 Å². The van der Waals surface area contributed by atoms with Crippen molar-refractivity contribution in [3.05, 3.63) is 96.1 Å². The molecule has 5 N–H and O–H groups in total. The van der Waals surface area contributed by atoms with E-state index in [1.807, 2.05) is 66.0 Å². The number of anilines is 1. The summed E-state index contributed by atoms with van der Waals surface area (Å²) >= 11 is 0. The van der Waals surface area contributed by atoms with E-state index in [1.54, 1.807) is 6.07 Å². The zero-order valence-corrected chi connectivity index (χ0v) is 16.0. The van der Waals surface area contributed by atoms with Crippen LogP contribution in [0.1, 0.15) is 17.2 Å². The summed E-state index contributed by atoms with van der Waals surface area (Å²) in [7, 11) is -3.82. The maximum absolute atomic E-state index is 12.4. The maximum Gasteiger partial charge on any atom is 0.279 e. The van der Waals surface area contributed by atoms with Crippen LogP contribution < -0.4 is 15.8 Å². The predicted molar refractivity (Wildman–Crippen MR) is 108 cm³/mol. The first-order valence-electron chi connectivity index (χ1n) is 8.79. The van der Waals surface area contributed by atoms with Crippen LogP contribution >= 0.6 is 0 Å². The summed E-state index contributed by atoms with van der Waals surface area (Å²) in [5.74, 6) is -0.233. The van der Waals surface area contributed by atoms with Crippen molar-refractivity contribution in [3.8, 4) is 0 Å². The average molecular weight is 396 g/mol. The van der Waals surface area contributed by atoms with E-state index in [-0.39, 0.29) is 23.4 Å². The van der Waals surface area contributed by atoms with Crippen molar-refractivity contribution in [2.45, 2.75) is 10.9 Å². The van der Waals surface area contributed by atoms with Crippen molar-refractivity contribution >= 4 is 21.6 Å². The lowest BCUT2D eigenvalue weighted by Crippen LogP contribution is -2.87. The van der Waals surface area contributed by atoms with Gasteiger partial charge in [-0.25, -0.2) is 13.6 Å². The third-order valence-corrected chi connectivity index (χ3v) is 5.21. The van der Waals surface area contributed by atoms with Crippen molar-refractivity contribution in [2.24, 2.45) is 5.14 Å². The van der Waals surface area contributed by atoms with Gasteiger partial charge in [0.2, 0.25) is 10.0 Å². The molecule has 0 spiro atoms. The number of benzene rings is 3. The Balaban J connectivity index is 1.71. The van der Waals surface area contributed by atoms with Crippen molar-refractivity contribution < 1.29 is 18.5 Å². The van der Waals surface area contributed by atoms with E-state index >= 15 is 0 Å². The molecule has 0 aliphatic rings. The number of hydrogen-bond donors (Lipinski definition) is 3. The fraction of sp³-hybridized carbons (Fsp3) is 0.0952. The second-order valence-corrected chi connectivity index (χ2v) is 7.92. The topological polar surface area (TPSA) is 106 Å². The normalized spacial score (nSPS) is 11.4. The third kappa shape index (κ3) is 5.26. The standard InChI is InChI=1S/C21H21N3O3S/c22-28(26,27)19-13-7-12-18(14-19)24-20(25)15-23-21(16-8-3-1-4-9-16)17-10-5-2-6-11-17/h1-14,21,23H,15H2,(H,24,25)(H2,22,26,27)/p+1. The first-order chi connectivity index (χ1) is 13.4. The van der Waals surface area contributed by atoms with Gasteiger partial charge >= 0.3 is 0 Å². The smallest absolute Gasteiger partial charge is 0.279 e. The SMILES string of the molecule is NS(=O)(=O)c1cccc(NC(=O)C[NH2+]C(c2ccccc2)c2ccccc2)c1. The Bertz CT molecular complexity index is 999. The number of amides is 1. The summed E-state index contributed by atoms with van der Waals surface area (Å²) in [6.45, 7) is 0.175. The number of quaternary nitrogens is 1. The van der Waals surface area contributed by atoms with Gasteiger partial charge in [-0.15, -0.1) is 0 Å². The van der Waals surface area contributed by atoms with E-state index < -0.39 is 10.0 Å². The molecule has 3 aromatic rings. The first-order valence-corrected chi connectivity index (χ1v) is 10.3. The van der Waals surface area contributed by atoms with Crippen LogP contribution in [0.4, 0.5) is 5.69 Å². The van der Waals surface area contributed by atoms with Gasteiger partial charge < -0.3 is 10.6 Å². The lowest BCUT2D eigenvalue weighted by atomic mass is 9.99. The van der Waals surface area contributed by atoms with Gasteiger partial charge in [0.25, 0.3) is 5.91 Å². The van der Waals surface area contributed by atoms with Gasteiger partial charge in [-0.3, -0.25) is 4.79 Å². The summed E-state index contributed by atoms with van der Waals surface area (Å²) in [5, 5.41) is 9.81. The lowest BCUT2D eigenvalue weighted by molar-refractivity contribution is -0.676. The Morgan fingerprint density at radius 1 is 0.893 bits per heavy atom. The maximum atomic E-state index is 12.4. The molecule has 1 amide bonds. The minimum Gasteiger partial charge on any atom is -0.328 e. The van der Waals surface area contributed by atoms with Gasteiger partial charge in [0.15, 0.2) is 6.54 Å². The quantitative estimate of drug-likeness (QED) is 0.565. The Kier molecular flexibility index (Phi) is 6.20. The molecule has 0 heterocycles. The molecule has 0 aliphatic heterocycles. The highest BCUT2D eigenvalue weighted by molar-refractivity contribution is 7.89. The number of nitrogens with one attached hydrogen (secondary N) is 1. The van der Waals surface area contributed by atoms with Gasteiger partial charge in [-0.2, -0.15) is 0 Å². The van der Waals surface area contributed by atoms with Crippen LogP contribution in [-0.4, -0.2) is 20.9 Å². The van der Waals surface area contributed by atoms with Crippen LogP contribution in [0.2, 0.25) is 0 Å². The predicted octanol–water partition coefficient (Wildman–Crippen LogP) is 1.63. The van der Waals surface area contributed by atoms with Crippen LogP contribution in [0, 0.1) is 0 Å². The number of hydrogen-bond acceptors (Lipinski definition) is 3. The number of rotatable bonds is 7. The molecular weight excluding hydrogens is 374 g/mol. The summed E-state index contributed by atoms with van der Waals surface area (Å²) in [4.78, 5) is 12.4. The van der Waals surface area contributed by atoms with E-state index in [2.05, 4.69) is 5.32 Å². The van der Waals surface area contributed by atoms with E-state index in [9.17, 15) is 13.2 Å². The molecule has 0 fully saturated rings. The summed E-state index contributed by atoms with van der Waals surface area (Å²) < 4.78 is 22.9. The Hall–Kier alpha value is -3.00. The molecule has 0 saturated carbocycles. The minimum absolute atomic E-state index is 0.0242. The molecule has 6 nitrogen and oxygen atoms in total. The van der Waals surface area contributed by atoms with Gasteiger partial charge in [0.1, 0.15) is 6.04 Å². The molecular formula is C21H22N3O3S+. The molecule has 3 rings (SSSR count). The van der Waals surface area contributed by atoms with Gasteiger partial charge in [-0.1, -0.05) is 66.7 Å². The number of carbonyl (C=O) groups is 1. The summed E-state index contributed by atoms with van der Waals surface area (Å²) in [5.41, 5.74) is 2.58. The van der Waals surface area contributed by atoms with Crippen molar-refractivity contribution in [1.29, 1.82) is 0 Å². The van der Waals surface area contributed by atoms with E-state index in [0.29, 0.717) is 5.69 Å². The number of carbonyl (C=O) groups excluding carboxylic acids is 1. The fourth-order valence-electron chi connectivity index (χ4n) is 2.97. The van der Waals surface area contributed by atoms with Crippen molar-refractivity contribution in [3.63, 3.8) is 0 Å². The summed E-state index contributed by atoms with van der Waals surface area (Å²) in [6.07, 6.45) is 0. The van der Waals surface area contributed by atoms with Gasteiger partial charge in [-0.05, 0) is 18.2 Å². The van der Waals surface area contributed by atoms with Gasteiger partial charge in [0.05, 0.1) is 4.90 Å². The zero-order chi connectivity index (χ0) is 20.0. The minimum atomic E-state index is -3.82.